The van der Waals surface area contributed by atoms with Gasteiger partial charge in [0, 0.05) is 7.05 Å². The van der Waals surface area contributed by atoms with E-state index < -0.39 is 12.0 Å². The van der Waals surface area contributed by atoms with Crippen LogP contribution in [0.4, 0.5) is 0 Å². The Bertz CT molecular complexity index is 472. The van der Waals surface area contributed by atoms with Crippen LogP contribution in [0.2, 0.25) is 0 Å². The highest BCUT2D eigenvalue weighted by Crippen LogP contribution is 2.43. The summed E-state index contributed by atoms with van der Waals surface area (Å²) in [6, 6.07) is 1.30. The summed E-state index contributed by atoms with van der Waals surface area (Å²) < 4.78 is 0. The van der Waals surface area contributed by atoms with Crippen molar-refractivity contribution in [3.05, 3.63) is 22.8 Å². The van der Waals surface area contributed by atoms with Gasteiger partial charge in [-0.05, 0) is 18.6 Å². The van der Waals surface area contributed by atoms with Gasteiger partial charge in [-0.25, -0.2) is 0 Å². The average molecular weight is 313 g/mol. The van der Waals surface area contributed by atoms with E-state index in [1.165, 1.54) is 19.5 Å². The molecule has 3 N–H and O–H groups in total. The first kappa shape index (κ1) is 22.5. The minimum Gasteiger partial charge on any atom is -0.504 e. The second-order valence-corrected chi connectivity index (χ2v) is 4.35. The molecule has 1 atom stereocenters. The van der Waals surface area contributed by atoms with Crippen molar-refractivity contribution in [3.63, 3.8) is 0 Å². The Hall–Kier alpha value is -1.75. The number of carbonyl (C=O) groups excluding carboxylic acids is 1. The Morgan fingerprint density at radius 1 is 1.14 bits per heavy atom. The molecule has 0 saturated carbocycles. The number of phenolic OH excluding ortho intramolecular Hbond substituents is 2. The van der Waals surface area contributed by atoms with E-state index in [4.69, 9.17) is 0 Å². The maximum atomic E-state index is 11.7. The molecule has 0 aromatic heterocycles. The normalized spacial score (nSPS) is 14.7. The van der Waals surface area contributed by atoms with Gasteiger partial charge in [-0.15, -0.1) is 0 Å². The van der Waals surface area contributed by atoms with Gasteiger partial charge in [0.15, 0.2) is 17.7 Å². The van der Waals surface area contributed by atoms with Crippen LogP contribution in [0, 0.1) is 6.92 Å². The number of nitrogens with zero attached hydrogens (tertiary/aromatic N) is 1. The molecule has 1 aromatic carbocycles. The number of aliphatic hydroxyl groups is 1. The van der Waals surface area contributed by atoms with Crippen LogP contribution < -0.4 is 0 Å². The SMILES string of the molecule is CC.CC.CCC.Cc1cc(O)c(O)c2c1C(=O)N(C)C2O. The fourth-order valence-corrected chi connectivity index (χ4v) is 1.83. The van der Waals surface area contributed by atoms with E-state index in [9.17, 15) is 20.1 Å². The van der Waals surface area contributed by atoms with Gasteiger partial charge in [0.1, 0.15) is 0 Å². The van der Waals surface area contributed by atoms with Crippen molar-refractivity contribution >= 4 is 5.91 Å². The zero-order valence-corrected chi connectivity index (χ0v) is 15.1. The highest BCUT2D eigenvalue weighted by atomic mass is 16.3. The first-order valence-electron chi connectivity index (χ1n) is 7.87. The minimum atomic E-state index is -1.20. The zero-order chi connectivity index (χ0) is 18.0. The number of phenols is 2. The Labute approximate surface area is 134 Å². The highest BCUT2D eigenvalue weighted by Gasteiger charge is 2.37. The van der Waals surface area contributed by atoms with Gasteiger partial charge in [0.2, 0.25) is 0 Å². The molecule has 1 amide bonds. The van der Waals surface area contributed by atoms with E-state index in [-0.39, 0.29) is 22.8 Å². The summed E-state index contributed by atoms with van der Waals surface area (Å²) >= 11 is 0. The van der Waals surface area contributed by atoms with Crippen molar-refractivity contribution in [1.82, 2.24) is 4.90 Å². The molecule has 0 radical (unpaired) electrons. The summed E-state index contributed by atoms with van der Waals surface area (Å²) in [5.74, 6) is -1.11. The van der Waals surface area contributed by atoms with Crippen LogP contribution >= 0.6 is 0 Å². The number of aryl methyl sites for hydroxylation is 1. The van der Waals surface area contributed by atoms with Crippen molar-refractivity contribution < 1.29 is 20.1 Å². The van der Waals surface area contributed by atoms with Gasteiger partial charge in [-0.1, -0.05) is 48.0 Å². The van der Waals surface area contributed by atoms with E-state index in [0.29, 0.717) is 5.56 Å². The monoisotopic (exact) mass is 313 g/mol. The van der Waals surface area contributed by atoms with Crippen molar-refractivity contribution in [2.45, 2.75) is 61.1 Å². The van der Waals surface area contributed by atoms with Crippen LogP contribution in [0.3, 0.4) is 0 Å². The minimum absolute atomic E-state index is 0.0833. The first-order valence-corrected chi connectivity index (χ1v) is 7.87. The number of hydrogen-bond acceptors (Lipinski definition) is 4. The number of hydrogen-bond donors (Lipinski definition) is 3. The molecule has 1 aliphatic rings. The molecule has 0 aliphatic carbocycles. The van der Waals surface area contributed by atoms with Crippen LogP contribution in [-0.4, -0.2) is 33.2 Å². The predicted molar refractivity (Wildman–Crippen MR) is 90.2 cm³/mol. The average Bonchev–Trinajstić information content (AvgIpc) is 2.75. The summed E-state index contributed by atoms with van der Waals surface area (Å²) in [5.41, 5.74) is 0.883. The summed E-state index contributed by atoms with van der Waals surface area (Å²) in [6.45, 7) is 13.9. The quantitative estimate of drug-likeness (QED) is 0.633. The molecule has 1 heterocycles. The molecule has 5 heteroatoms. The molecule has 1 aliphatic heterocycles. The van der Waals surface area contributed by atoms with Crippen molar-refractivity contribution in [3.8, 4) is 11.5 Å². The van der Waals surface area contributed by atoms with Gasteiger partial charge in [0.05, 0.1) is 11.1 Å². The van der Waals surface area contributed by atoms with Crippen molar-refractivity contribution in [2.75, 3.05) is 7.05 Å². The summed E-state index contributed by atoms with van der Waals surface area (Å²) in [7, 11) is 1.43. The van der Waals surface area contributed by atoms with E-state index in [2.05, 4.69) is 13.8 Å². The van der Waals surface area contributed by atoms with E-state index >= 15 is 0 Å². The van der Waals surface area contributed by atoms with Crippen LogP contribution in [-0.2, 0) is 0 Å². The topological polar surface area (TPSA) is 81.0 Å². The number of rotatable bonds is 0. The van der Waals surface area contributed by atoms with Gasteiger partial charge >= 0.3 is 0 Å². The lowest BCUT2D eigenvalue weighted by atomic mass is 10.0. The maximum absolute atomic E-state index is 11.7. The molecule has 0 saturated heterocycles. The zero-order valence-electron chi connectivity index (χ0n) is 15.1. The standard InChI is InChI=1S/C10H11NO4.C3H8.2C2H6/c1-4-3-5(12)8(13)7-6(4)9(14)11(2)10(7)15;1-3-2;2*1-2/h3,10,12-13,15H,1-2H3;3H2,1-2H3;2*1-2H3. The molecule has 2 rings (SSSR count). The summed E-state index contributed by atoms with van der Waals surface area (Å²) in [6.07, 6.45) is 0.0540. The maximum Gasteiger partial charge on any atom is 0.256 e. The van der Waals surface area contributed by atoms with E-state index in [1.54, 1.807) is 6.92 Å². The highest BCUT2D eigenvalue weighted by molar-refractivity contribution is 6.01. The Kier molecular flexibility index (Phi) is 11.2. The third kappa shape index (κ3) is 4.63. The third-order valence-electron chi connectivity index (χ3n) is 2.67. The molecule has 1 aromatic rings. The second kappa shape index (κ2) is 10.9. The molecule has 1 unspecified atom stereocenters. The summed E-state index contributed by atoms with van der Waals surface area (Å²) in [5, 5.41) is 28.6. The first-order chi connectivity index (χ1) is 10.4. The number of benzene rings is 1. The number of aromatic hydroxyl groups is 2. The molecule has 128 valence electrons. The van der Waals surface area contributed by atoms with Crippen molar-refractivity contribution in [1.29, 1.82) is 0 Å². The molecule has 0 spiro atoms. The van der Waals surface area contributed by atoms with Crippen LogP contribution in [0.5, 0.6) is 11.5 Å². The number of aliphatic hydroxyl groups excluding tert-OH is 1. The molecule has 5 nitrogen and oxygen atoms in total. The molecule has 22 heavy (non-hydrogen) atoms. The van der Waals surface area contributed by atoms with Gasteiger partial charge in [-0.3, -0.25) is 4.79 Å². The molecule has 0 fully saturated rings. The lowest BCUT2D eigenvalue weighted by Gasteiger charge is -2.14. The van der Waals surface area contributed by atoms with Gasteiger partial charge in [0.25, 0.3) is 5.91 Å². The largest absolute Gasteiger partial charge is 0.504 e. The number of carbonyl (C=O) groups is 1. The fourth-order valence-electron chi connectivity index (χ4n) is 1.83. The van der Waals surface area contributed by atoms with Gasteiger partial charge < -0.3 is 20.2 Å². The second-order valence-electron chi connectivity index (χ2n) is 4.35. The van der Waals surface area contributed by atoms with Crippen LogP contribution in [0.25, 0.3) is 0 Å². The Morgan fingerprint density at radius 2 is 1.55 bits per heavy atom. The van der Waals surface area contributed by atoms with Crippen molar-refractivity contribution in [2.24, 2.45) is 0 Å². The van der Waals surface area contributed by atoms with E-state index in [0.717, 1.165) is 4.90 Å². The lowest BCUT2D eigenvalue weighted by molar-refractivity contribution is 0.0292. The molecular weight excluding hydrogens is 282 g/mol. The van der Waals surface area contributed by atoms with Gasteiger partial charge in [-0.2, -0.15) is 0 Å². The Balaban J connectivity index is 0. The lowest BCUT2D eigenvalue weighted by Crippen LogP contribution is -2.22. The third-order valence-corrected chi connectivity index (χ3v) is 2.67. The number of fused-ring (bicyclic) bond motifs is 1. The Morgan fingerprint density at radius 3 is 1.95 bits per heavy atom. The van der Waals surface area contributed by atoms with E-state index in [1.807, 2.05) is 27.7 Å². The van der Waals surface area contributed by atoms with Crippen LogP contribution in [0.15, 0.2) is 6.07 Å². The smallest absolute Gasteiger partial charge is 0.256 e. The molecule has 0 bridgehead atoms. The summed E-state index contributed by atoms with van der Waals surface area (Å²) in [4.78, 5) is 12.8. The number of amides is 1. The molecular formula is C17H31NO4. The fraction of sp³-hybridized carbons (Fsp3) is 0.588. The predicted octanol–water partition coefficient (Wildman–Crippen LogP) is 3.95. The van der Waals surface area contributed by atoms with Crippen LogP contribution in [0.1, 0.15) is 75.7 Å².